The molecule has 1 saturated heterocycles. The molecule has 194 valence electrons. The van der Waals surface area contributed by atoms with Gasteiger partial charge in [-0.15, -0.1) is 0 Å². The lowest BCUT2D eigenvalue weighted by atomic mass is 9.83. The van der Waals surface area contributed by atoms with Crippen LogP contribution in [0.5, 0.6) is 0 Å². The third-order valence-electron chi connectivity index (χ3n) is 7.67. The number of carbonyl (C=O) groups excluding carboxylic acids is 2. The maximum absolute atomic E-state index is 13.7. The topological polar surface area (TPSA) is 56.4 Å². The number of alkyl halides is 3. The lowest BCUT2D eigenvalue weighted by Crippen LogP contribution is -2.47. The summed E-state index contributed by atoms with van der Waals surface area (Å²) in [4.78, 5) is 33.1. The molecule has 2 aliphatic rings. The van der Waals surface area contributed by atoms with Gasteiger partial charge in [0.25, 0.3) is 5.91 Å². The van der Waals surface area contributed by atoms with E-state index in [4.69, 9.17) is 11.6 Å². The Bertz CT molecular complexity index is 1570. The van der Waals surface area contributed by atoms with Crippen LogP contribution in [0.4, 0.5) is 18.9 Å². The van der Waals surface area contributed by atoms with Crippen LogP contribution in [0, 0.1) is 0 Å². The fraction of sp³-hybridized carbons (Fsp3) is 0.241. The van der Waals surface area contributed by atoms with E-state index >= 15 is 0 Å². The van der Waals surface area contributed by atoms with E-state index in [1.165, 1.54) is 6.07 Å². The summed E-state index contributed by atoms with van der Waals surface area (Å²) < 4.78 is 40.4. The number of benzene rings is 3. The Labute approximate surface area is 221 Å². The van der Waals surface area contributed by atoms with Gasteiger partial charge in [0, 0.05) is 35.1 Å². The molecule has 3 aromatic carbocycles. The molecule has 0 bridgehead atoms. The molecule has 2 amide bonds. The Morgan fingerprint density at radius 2 is 1.68 bits per heavy atom. The summed E-state index contributed by atoms with van der Waals surface area (Å²) in [5.41, 5.74) is 2.99. The lowest BCUT2D eigenvalue weighted by Gasteiger charge is -2.40. The molecule has 0 radical (unpaired) electrons. The molecule has 3 heterocycles. The minimum Gasteiger partial charge on any atom is -0.357 e. The number of hydrogen-bond acceptors (Lipinski definition) is 3. The first-order chi connectivity index (χ1) is 18.1. The Morgan fingerprint density at radius 1 is 0.974 bits per heavy atom. The van der Waals surface area contributed by atoms with Crippen molar-refractivity contribution in [3.63, 3.8) is 0 Å². The van der Waals surface area contributed by atoms with E-state index in [0.717, 1.165) is 44.8 Å². The number of carbonyl (C=O) groups is 2. The highest BCUT2D eigenvalue weighted by molar-refractivity contribution is 6.31. The summed E-state index contributed by atoms with van der Waals surface area (Å²) in [5.74, 6) is -1.15. The number of hydrogen-bond donors (Lipinski definition) is 1. The van der Waals surface area contributed by atoms with Gasteiger partial charge in [0.15, 0.2) is 0 Å². The second kappa shape index (κ2) is 8.99. The van der Waals surface area contributed by atoms with Gasteiger partial charge in [-0.25, -0.2) is 4.90 Å². The number of para-hydroxylation sites is 1. The van der Waals surface area contributed by atoms with E-state index in [2.05, 4.69) is 11.1 Å². The minimum absolute atomic E-state index is 0.0668. The van der Waals surface area contributed by atoms with Gasteiger partial charge in [-0.3, -0.25) is 14.5 Å². The highest BCUT2D eigenvalue weighted by Gasteiger charge is 2.48. The third-order valence-corrected chi connectivity index (χ3v) is 8.00. The summed E-state index contributed by atoms with van der Waals surface area (Å²) >= 11 is 5.77. The molecule has 1 N–H and O–H groups in total. The van der Waals surface area contributed by atoms with E-state index in [9.17, 15) is 22.8 Å². The van der Waals surface area contributed by atoms with Crippen LogP contribution < -0.4 is 4.90 Å². The van der Waals surface area contributed by atoms with Crippen molar-refractivity contribution in [2.24, 2.45) is 0 Å². The van der Waals surface area contributed by atoms with Crippen LogP contribution in [0.1, 0.15) is 47.7 Å². The summed E-state index contributed by atoms with van der Waals surface area (Å²) in [7, 11) is 0. The predicted octanol–water partition coefficient (Wildman–Crippen LogP) is 6.68. The van der Waals surface area contributed by atoms with E-state index in [1.807, 2.05) is 60.4 Å². The quantitative estimate of drug-likeness (QED) is 0.297. The molecular formula is C29H23ClF3N3O2. The number of aromatic amines is 1. The van der Waals surface area contributed by atoms with Crippen molar-refractivity contribution < 1.29 is 22.8 Å². The number of H-pyrrole nitrogens is 1. The number of fused-ring (bicyclic) bond motifs is 3. The molecule has 3 atom stereocenters. The molecule has 2 aliphatic heterocycles. The van der Waals surface area contributed by atoms with Crippen molar-refractivity contribution >= 4 is 40.0 Å². The molecule has 6 rings (SSSR count). The molecule has 0 saturated carbocycles. The molecule has 9 heteroatoms. The van der Waals surface area contributed by atoms with Crippen LogP contribution in [-0.4, -0.2) is 34.3 Å². The van der Waals surface area contributed by atoms with E-state index in [0.29, 0.717) is 6.54 Å². The zero-order valence-corrected chi connectivity index (χ0v) is 21.1. The standard InChI is InChI=1S/C29H23ClF3N3O2/c1-16-27-26(19-9-5-6-10-23(19)34-27)20(17-7-3-2-4-8-17)15-35(16)24-14-25(37)36(28(24)38)18-11-12-22(30)21(13-18)29(31,32)33/h2-13,16,20,24,34H,14-15H2,1H3. The molecule has 5 nitrogen and oxygen atoms in total. The largest absolute Gasteiger partial charge is 0.417 e. The number of imide groups is 1. The number of amides is 2. The Hall–Kier alpha value is -3.62. The maximum Gasteiger partial charge on any atom is 0.417 e. The summed E-state index contributed by atoms with van der Waals surface area (Å²) in [5, 5.41) is 0.623. The van der Waals surface area contributed by atoms with E-state index < -0.39 is 34.6 Å². The fourth-order valence-corrected chi connectivity index (χ4v) is 6.11. The van der Waals surface area contributed by atoms with Crippen LogP contribution >= 0.6 is 11.6 Å². The second-order valence-electron chi connectivity index (χ2n) is 9.78. The van der Waals surface area contributed by atoms with Gasteiger partial charge in [0.05, 0.1) is 28.7 Å². The number of rotatable bonds is 3. The molecule has 1 aromatic heterocycles. The molecular weight excluding hydrogens is 515 g/mol. The second-order valence-corrected chi connectivity index (χ2v) is 10.2. The highest BCUT2D eigenvalue weighted by Crippen LogP contribution is 2.45. The zero-order chi connectivity index (χ0) is 26.8. The number of nitrogens with one attached hydrogen (secondary N) is 1. The third kappa shape index (κ3) is 3.90. The van der Waals surface area contributed by atoms with Crippen LogP contribution in [0.25, 0.3) is 10.9 Å². The fourth-order valence-electron chi connectivity index (χ4n) is 5.89. The van der Waals surface area contributed by atoms with Crippen LogP contribution in [-0.2, 0) is 15.8 Å². The first kappa shape index (κ1) is 24.7. The normalized spacial score (nSPS) is 22.3. The Morgan fingerprint density at radius 3 is 2.42 bits per heavy atom. The van der Waals surface area contributed by atoms with Crippen molar-refractivity contribution in [3.05, 3.63) is 100 Å². The number of halogens is 4. The molecule has 38 heavy (non-hydrogen) atoms. The zero-order valence-electron chi connectivity index (χ0n) is 20.3. The van der Waals surface area contributed by atoms with Gasteiger partial charge >= 0.3 is 6.18 Å². The molecule has 1 fully saturated rings. The molecule has 0 aliphatic carbocycles. The molecule has 4 aromatic rings. The van der Waals surface area contributed by atoms with Crippen molar-refractivity contribution in [2.45, 2.75) is 37.5 Å². The summed E-state index contributed by atoms with van der Waals surface area (Å²) in [6.45, 7) is 2.46. The Kier molecular flexibility index (Phi) is 5.85. The van der Waals surface area contributed by atoms with E-state index in [1.54, 1.807) is 0 Å². The number of nitrogens with zero attached hydrogens (tertiary/aromatic N) is 2. The number of aromatic nitrogens is 1. The Balaban J connectivity index is 1.40. The summed E-state index contributed by atoms with van der Waals surface area (Å²) in [6, 6.07) is 20.1. The molecule has 3 unspecified atom stereocenters. The monoisotopic (exact) mass is 537 g/mol. The van der Waals surface area contributed by atoms with Gasteiger partial charge in [-0.05, 0) is 42.3 Å². The van der Waals surface area contributed by atoms with Crippen molar-refractivity contribution in [1.29, 1.82) is 0 Å². The van der Waals surface area contributed by atoms with Gasteiger partial charge in [0.1, 0.15) is 0 Å². The highest BCUT2D eigenvalue weighted by atomic mass is 35.5. The molecule has 0 spiro atoms. The van der Waals surface area contributed by atoms with Gasteiger partial charge in [-0.1, -0.05) is 60.1 Å². The van der Waals surface area contributed by atoms with Crippen molar-refractivity contribution in [3.8, 4) is 0 Å². The van der Waals surface area contributed by atoms with Gasteiger partial charge in [0.2, 0.25) is 5.91 Å². The maximum atomic E-state index is 13.7. The lowest BCUT2D eigenvalue weighted by molar-refractivity contribution is -0.137. The van der Waals surface area contributed by atoms with Crippen LogP contribution in [0.2, 0.25) is 5.02 Å². The van der Waals surface area contributed by atoms with Crippen LogP contribution in [0.15, 0.2) is 72.8 Å². The number of anilines is 1. The average Bonchev–Trinajstić information content (AvgIpc) is 3.42. The van der Waals surface area contributed by atoms with Gasteiger partial charge < -0.3 is 4.98 Å². The summed E-state index contributed by atoms with van der Waals surface area (Å²) in [6.07, 6.45) is -4.83. The minimum atomic E-state index is -4.71. The van der Waals surface area contributed by atoms with Gasteiger partial charge in [-0.2, -0.15) is 13.2 Å². The average molecular weight is 538 g/mol. The van der Waals surface area contributed by atoms with E-state index in [-0.39, 0.29) is 24.1 Å². The SMILES string of the molecule is CC1c2[nH]c3ccccc3c2C(c2ccccc2)CN1C1CC(=O)N(c2ccc(Cl)c(C(F)(F)F)c2)C1=O. The first-order valence-corrected chi connectivity index (χ1v) is 12.7. The van der Waals surface area contributed by atoms with Crippen molar-refractivity contribution in [1.82, 2.24) is 9.88 Å². The van der Waals surface area contributed by atoms with Crippen LogP contribution in [0.3, 0.4) is 0 Å². The first-order valence-electron chi connectivity index (χ1n) is 12.3. The van der Waals surface area contributed by atoms with Crippen molar-refractivity contribution in [2.75, 3.05) is 11.4 Å². The predicted molar refractivity (Wildman–Crippen MR) is 139 cm³/mol. The smallest absolute Gasteiger partial charge is 0.357 e.